The minimum absolute atomic E-state index is 0.645. The highest BCUT2D eigenvalue weighted by Crippen LogP contribution is 2.23. The van der Waals surface area contributed by atoms with Gasteiger partial charge in [-0.3, -0.25) is 0 Å². The molecule has 0 spiro atoms. The maximum absolute atomic E-state index is 3.48. The Morgan fingerprint density at radius 1 is 1.28 bits per heavy atom. The molecular weight excluding hydrogens is 306 g/mol. The van der Waals surface area contributed by atoms with Crippen molar-refractivity contribution in [1.82, 2.24) is 0 Å². The molecule has 1 N–H and O–H groups in total. The third-order valence-corrected chi connectivity index (χ3v) is 4.76. The summed E-state index contributed by atoms with van der Waals surface area (Å²) in [5.41, 5.74) is 3.92. The molecule has 1 aromatic carbocycles. The fraction of sp³-hybridized carbons (Fsp3) is 0.333. The standard InChI is InChI=1S/C15H18BrNS/c1-3-11(2)13-4-6-14(7-5-13)17-9-12-8-15(16)18-10-12/h4-8,10-11,17H,3,9H2,1-2H3. The highest BCUT2D eigenvalue weighted by Gasteiger charge is 2.02. The van der Waals surface area contributed by atoms with Crippen molar-refractivity contribution in [2.45, 2.75) is 32.7 Å². The van der Waals surface area contributed by atoms with Crippen molar-refractivity contribution in [3.05, 3.63) is 50.6 Å². The first-order valence-corrected chi connectivity index (χ1v) is 7.93. The molecule has 1 nitrogen and oxygen atoms in total. The lowest BCUT2D eigenvalue weighted by atomic mass is 9.99. The summed E-state index contributed by atoms with van der Waals surface area (Å²) in [6.07, 6.45) is 1.19. The van der Waals surface area contributed by atoms with Gasteiger partial charge in [-0.15, -0.1) is 11.3 Å². The van der Waals surface area contributed by atoms with Gasteiger partial charge in [-0.2, -0.15) is 0 Å². The van der Waals surface area contributed by atoms with Crippen molar-refractivity contribution >= 4 is 33.0 Å². The summed E-state index contributed by atoms with van der Waals surface area (Å²) < 4.78 is 1.19. The second kappa shape index (κ2) is 6.39. The monoisotopic (exact) mass is 323 g/mol. The van der Waals surface area contributed by atoms with Gasteiger partial charge in [0.1, 0.15) is 0 Å². The van der Waals surface area contributed by atoms with Crippen LogP contribution in [0.1, 0.15) is 37.3 Å². The molecule has 0 aliphatic heterocycles. The Kier molecular flexibility index (Phi) is 4.84. The summed E-state index contributed by atoms with van der Waals surface area (Å²) in [6, 6.07) is 10.9. The molecule has 0 saturated heterocycles. The van der Waals surface area contributed by atoms with Crippen LogP contribution in [-0.4, -0.2) is 0 Å². The molecular formula is C15H18BrNS. The molecule has 0 aliphatic rings. The van der Waals surface area contributed by atoms with Gasteiger partial charge >= 0.3 is 0 Å². The SMILES string of the molecule is CCC(C)c1ccc(NCc2csc(Br)c2)cc1. The van der Waals surface area contributed by atoms with Gasteiger partial charge in [-0.25, -0.2) is 0 Å². The molecule has 0 fully saturated rings. The largest absolute Gasteiger partial charge is 0.381 e. The fourth-order valence-corrected chi connectivity index (χ4v) is 3.02. The molecule has 0 saturated carbocycles. The minimum Gasteiger partial charge on any atom is -0.381 e. The zero-order valence-corrected chi connectivity index (χ0v) is 13.1. The normalized spacial score (nSPS) is 12.4. The van der Waals surface area contributed by atoms with Crippen LogP contribution in [0.5, 0.6) is 0 Å². The molecule has 1 aromatic heterocycles. The quantitative estimate of drug-likeness (QED) is 0.751. The lowest BCUT2D eigenvalue weighted by Crippen LogP contribution is -1.98. The maximum atomic E-state index is 3.48. The van der Waals surface area contributed by atoms with Crippen LogP contribution < -0.4 is 5.32 Å². The number of rotatable bonds is 5. The van der Waals surface area contributed by atoms with Crippen LogP contribution in [0.2, 0.25) is 0 Å². The van der Waals surface area contributed by atoms with Crippen LogP contribution in [0.3, 0.4) is 0 Å². The molecule has 96 valence electrons. The first kappa shape index (κ1) is 13.6. The van der Waals surface area contributed by atoms with Crippen LogP contribution in [0.15, 0.2) is 39.5 Å². The molecule has 2 aromatic rings. The van der Waals surface area contributed by atoms with E-state index in [-0.39, 0.29) is 0 Å². The van der Waals surface area contributed by atoms with E-state index in [1.54, 1.807) is 11.3 Å². The summed E-state index contributed by atoms with van der Waals surface area (Å²) in [7, 11) is 0. The smallest absolute Gasteiger partial charge is 0.0701 e. The second-order valence-electron chi connectivity index (χ2n) is 4.54. The fourth-order valence-electron chi connectivity index (χ4n) is 1.81. The van der Waals surface area contributed by atoms with E-state index >= 15 is 0 Å². The topological polar surface area (TPSA) is 12.0 Å². The Labute approximate surface area is 121 Å². The molecule has 0 aliphatic carbocycles. The summed E-state index contributed by atoms with van der Waals surface area (Å²) >= 11 is 5.21. The average molecular weight is 324 g/mol. The summed E-state index contributed by atoms with van der Waals surface area (Å²) in [6.45, 7) is 5.38. The van der Waals surface area contributed by atoms with E-state index in [4.69, 9.17) is 0 Å². The molecule has 18 heavy (non-hydrogen) atoms. The van der Waals surface area contributed by atoms with E-state index in [1.807, 2.05) is 0 Å². The van der Waals surface area contributed by atoms with Crippen LogP contribution in [-0.2, 0) is 6.54 Å². The van der Waals surface area contributed by atoms with Gasteiger partial charge in [0.2, 0.25) is 0 Å². The first-order valence-electron chi connectivity index (χ1n) is 6.25. The molecule has 1 atom stereocenters. The number of anilines is 1. The van der Waals surface area contributed by atoms with E-state index in [2.05, 4.69) is 70.8 Å². The third-order valence-electron chi connectivity index (χ3n) is 3.21. The highest BCUT2D eigenvalue weighted by atomic mass is 79.9. The van der Waals surface area contributed by atoms with Crippen molar-refractivity contribution in [3.63, 3.8) is 0 Å². The van der Waals surface area contributed by atoms with Gasteiger partial charge in [0.15, 0.2) is 0 Å². The number of thiophene rings is 1. The van der Waals surface area contributed by atoms with Crippen LogP contribution in [0, 0.1) is 0 Å². The van der Waals surface area contributed by atoms with Crippen molar-refractivity contribution in [2.75, 3.05) is 5.32 Å². The molecule has 3 heteroatoms. The van der Waals surface area contributed by atoms with Gasteiger partial charge < -0.3 is 5.32 Å². The molecule has 0 radical (unpaired) electrons. The Morgan fingerprint density at radius 3 is 2.56 bits per heavy atom. The van der Waals surface area contributed by atoms with Crippen molar-refractivity contribution in [3.8, 4) is 0 Å². The molecule has 1 heterocycles. The number of hydrogen-bond acceptors (Lipinski definition) is 2. The van der Waals surface area contributed by atoms with Gasteiger partial charge in [-0.1, -0.05) is 26.0 Å². The van der Waals surface area contributed by atoms with Gasteiger partial charge in [0.05, 0.1) is 3.79 Å². The highest BCUT2D eigenvalue weighted by molar-refractivity contribution is 9.11. The predicted octanol–water partition coefficient (Wildman–Crippen LogP) is 5.64. The van der Waals surface area contributed by atoms with E-state index < -0.39 is 0 Å². The molecule has 0 amide bonds. The van der Waals surface area contributed by atoms with Crippen LogP contribution in [0.4, 0.5) is 5.69 Å². The maximum Gasteiger partial charge on any atom is 0.0701 e. The Balaban J connectivity index is 1.94. The van der Waals surface area contributed by atoms with E-state index in [1.165, 1.54) is 27.0 Å². The van der Waals surface area contributed by atoms with Gasteiger partial charge in [0.25, 0.3) is 0 Å². The van der Waals surface area contributed by atoms with E-state index in [0.29, 0.717) is 5.92 Å². The zero-order chi connectivity index (χ0) is 13.0. The Hall–Kier alpha value is -0.800. The van der Waals surface area contributed by atoms with Crippen molar-refractivity contribution in [1.29, 1.82) is 0 Å². The lowest BCUT2D eigenvalue weighted by molar-refractivity contribution is 0.734. The van der Waals surface area contributed by atoms with Gasteiger partial charge in [-0.05, 0) is 63.0 Å². The molecule has 2 rings (SSSR count). The second-order valence-corrected chi connectivity index (χ2v) is 6.83. The molecule has 0 bridgehead atoms. The number of halogens is 1. The Bertz CT molecular complexity index is 489. The average Bonchev–Trinajstić information content (AvgIpc) is 2.82. The van der Waals surface area contributed by atoms with Crippen molar-refractivity contribution in [2.24, 2.45) is 0 Å². The summed E-state index contributed by atoms with van der Waals surface area (Å²) in [5, 5.41) is 5.62. The number of hydrogen-bond donors (Lipinski definition) is 1. The van der Waals surface area contributed by atoms with Crippen LogP contribution >= 0.6 is 27.3 Å². The van der Waals surface area contributed by atoms with E-state index in [0.717, 1.165) is 6.54 Å². The van der Waals surface area contributed by atoms with Gasteiger partial charge in [0, 0.05) is 12.2 Å². The predicted molar refractivity (Wildman–Crippen MR) is 84.5 cm³/mol. The number of benzene rings is 1. The summed E-state index contributed by atoms with van der Waals surface area (Å²) in [5.74, 6) is 0.645. The number of nitrogens with one attached hydrogen (secondary N) is 1. The van der Waals surface area contributed by atoms with Crippen molar-refractivity contribution < 1.29 is 0 Å². The zero-order valence-electron chi connectivity index (χ0n) is 10.7. The van der Waals surface area contributed by atoms with Crippen LogP contribution in [0.25, 0.3) is 0 Å². The first-order chi connectivity index (χ1) is 8.69. The Morgan fingerprint density at radius 2 is 2.00 bits per heavy atom. The third kappa shape index (κ3) is 3.59. The minimum atomic E-state index is 0.645. The summed E-state index contributed by atoms with van der Waals surface area (Å²) in [4.78, 5) is 0. The lowest BCUT2D eigenvalue weighted by Gasteiger charge is -2.10. The van der Waals surface area contributed by atoms with E-state index in [9.17, 15) is 0 Å². The molecule has 1 unspecified atom stereocenters.